The quantitative estimate of drug-likeness (QED) is 0.348. The first kappa shape index (κ1) is 24.6. The summed E-state index contributed by atoms with van der Waals surface area (Å²) in [5.74, 6) is -0.0228. The number of hydrogen-bond acceptors (Lipinski definition) is 8. The molecule has 1 N–H and O–H groups in total. The van der Waals surface area contributed by atoms with Crippen LogP contribution in [0.1, 0.15) is 17.2 Å². The lowest BCUT2D eigenvalue weighted by molar-refractivity contribution is -0.140. The van der Waals surface area contributed by atoms with Crippen LogP contribution in [0.4, 0.5) is 0 Å². The first-order valence-corrected chi connectivity index (χ1v) is 11.4. The summed E-state index contributed by atoms with van der Waals surface area (Å²) in [6.45, 7) is 3.63. The molecule has 2 saturated heterocycles. The van der Waals surface area contributed by atoms with Crippen molar-refractivity contribution in [3.05, 3.63) is 59.2 Å². The number of aliphatic hydroxyl groups excluding tert-OH is 1. The van der Waals surface area contributed by atoms with Crippen LogP contribution >= 0.6 is 0 Å². The minimum Gasteiger partial charge on any atom is -0.507 e. The highest BCUT2D eigenvalue weighted by Crippen LogP contribution is 2.43. The highest BCUT2D eigenvalue weighted by molar-refractivity contribution is 6.46. The highest BCUT2D eigenvalue weighted by Gasteiger charge is 2.47. The third kappa shape index (κ3) is 4.96. The topological polar surface area (TPSA) is 97.8 Å². The van der Waals surface area contributed by atoms with Crippen molar-refractivity contribution in [3.8, 4) is 17.2 Å². The summed E-state index contributed by atoms with van der Waals surface area (Å²) in [5, 5.41) is 11.3. The molecule has 0 aromatic heterocycles. The maximum absolute atomic E-state index is 13.3. The Bertz CT molecular complexity index is 1110. The van der Waals surface area contributed by atoms with Gasteiger partial charge in [-0.05, 0) is 42.5 Å². The predicted molar refractivity (Wildman–Crippen MR) is 129 cm³/mol. The van der Waals surface area contributed by atoms with Gasteiger partial charge in [0.15, 0.2) is 0 Å². The predicted octanol–water partition coefficient (Wildman–Crippen LogP) is 2.47. The largest absolute Gasteiger partial charge is 0.507 e. The molecule has 9 nitrogen and oxygen atoms in total. The van der Waals surface area contributed by atoms with Gasteiger partial charge in [-0.25, -0.2) is 0 Å². The summed E-state index contributed by atoms with van der Waals surface area (Å²) in [5.41, 5.74) is 0.973. The molecule has 0 unspecified atom stereocenters. The van der Waals surface area contributed by atoms with E-state index in [-0.39, 0.29) is 11.3 Å². The standard InChI is InChI=1S/C26H30N2O7/c1-32-18-6-4-17(5-7-18)24(29)22-23(20-16-19(33-2)8-9-21(20)34-3)28(26(31)25(22)30)11-10-27-12-14-35-15-13-27/h4-9,16,23,29H,10-15H2,1-3H3/b24-22+/t23-/m1/s1. The molecule has 0 aliphatic carbocycles. The molecule has 2 heterocycles. The van der Waals surface area contributed by atoms with Gasteiger partial charge in [-0.2, -0.15) is 0 Å². The first-order chi connectivity index (χ1) is 17.0. The van der Waals surface area contributed by atoms with Crippen molar-refractivity contribution >= 4 is 17.4 Å². The summed E-state index contributed by atoms with van der Waals surface area (Å²) < 4.78 is 21.6. The van der Waals surface area contributed by atoms with Crippen LogP contribution < -0.4 is 14.2 Å². The molecule has 0 bridgehead atoms. The van der Waals surface area contributed by atoms with Gasteiger partial charge in [0.05, 0.1) is 46.2 Å². The van der Waals surface area contributed by atoms with E-state index < -0.39 is 17.7 Å². The number of benzene rings is 2. The van der Waals surface area contributed by atoms with E-state index in [4.69, 9.17) is 18.9 Å². The number of methoxy groups -OCH3 is 3. The van der Waals surface area contributed by atoms with E-state index in [0.717, 1.165) is 13.1 Å². The molecule has 2 fully saturated rings. The van der Waals surface area contributed by atoms with Gasteiger partial charge in [-0.15, -0.1) is 0 Å². The van der Waals surface area contributed by atoms with E-state index in [2.05, 4.69) is 4.90 Å². The molecule has 4 rings (SSSR count). The van der Waals surface area contributed by atoms with E-state index in [0.29, 0.717) is 54.7 Å². The zero-order chi connectivity index (χ0) is 24.9. The van der Waals surface area contributed by atoms with Crippen molar-refractivity contribution < 1.29 is 33.6 Å². The van der Waals surface area contributed by atoms with Crippen LogP contribution in [0, 0.1) is 0 Å². The Hall–Kier alpha value is -3.56. The Morgan fingerprint density at radius 3 is 2.23 bits per heavy atom. The number of rotatable bonds is 8. The van der Waals surface area contributed by atoms with Crippen molar-refractivity contribution in [1.82, 2.24) is 9.80 Å². The minimum atomic E-state index is -0.844. The number of likely N-dealkylation sites (tertiary alicyclic amines) is 1. The maximum Gasteiger partial charge on any atom is 0.295 e. The number of amides is 1. The molecule has 35 heavy (non-hydrogen) atoms. The molecule has 1 amide bonds. The lowest BCUT2D eigenvalue weighted by Gasteiger charge is -2.31. The lowest BCUT2D eigenvalue weighted by atomic mass is 9.94. The third-order valence-electron chi connectivity index (χ3n) is 6.40. The van der Waals surface area contributed by atoms with Gasteiger partial charge in [0.25, 0.3) is 11.7 Å². The van der Waals surface area contributed by atoms with Crippen LogP contribution in [0.2, 0.25) is 0 Å². The second kappa shape index (κ2) is 10.8. The Kier molecular flexibility index (Phi) is 7.57. The van der Waals surface area contributed by atoms with Crippen molar-refractivity contribution in [3.63, 3.8) is 0 Å². The molecule has 186 valence electrons. The van der Waals surface area contributed by atoms with Gasteiger partial charge in [0.1, 0.15) is 23.0 Å². The Morgan fingerprint density at radius 2 is 1.60 bits per heavy atom. The van der Waals surface area contributed by atoms with Gasteiger partial charge >= 0.3 is 0 Å². The number of ether oxygens (including phenoxy) is 4. The molecule has 2 aromatic rings. The fourth-order valence-electron chi connectivity index (χ4n) is 4.47. The van der Waals surface area contributed by atoms with E-state index in [1.807, 2.05) is 0 Å². The molecule has 2 aliphatic rings. The van der Waals surface area contributed by atoms with Crippen molar-refractivity contribution in [2.45, 2.75) is 6.04 Å². The number of aliphatic hydroxyl groups is 1. The number of Topliss-reactive ketones (excluding diaryl/α,β-unsaturated/α-hetero) is 1. The SMILES string of the molecule is COc1ccc(/C(O)=C2\C(=O)C(=O)N(CCN3CCOCC3)[C@@H]2c2cc(OC)ccc2OC)cc1. The Labute approximate surface area is 204 Å². The van der Waals surface area contributed by atoms with E-state index in [1.54, 1.807) is 49.6 Å². The zero-order valence-corrected chi connectivity index (χ0v) is 20.2. The van der Waals surface area contributed by atoms with Gasteiger partial charge in [0.2, 0.25) is 0 Å². The summed E-state index contributed by atoms with van der Waals surface area (Å²) in [6, 6.07) is 11.0. The number of morpholine rings is 1. The van der Waals surface area contributed by atoms with Gasteiger partial charge < -0.3 is 29.0 Å². The second-order valence-electron chi connectivity index (χ2n) is 8.28. The zero-order valence-electron chi connectivity index (χ0n) is 20.2. The highest BCUT2D eigenvalue weighted by atomic mass is 16.5. The van der Waals surface area contributed by atoms with Gasteiger partial charge in [-0.1, -0.05) is 0 Å². The normalized spacial score (nSPS) is 20.2. The van der Waals surface area contributed by atoms with Gasteiger partial charge in [-0.3, -0.25) is 14.5 Å². The fraction of sp³-hybridized carbons (Fsp3) is 0.385. The van der Waals surface area contributed by atoms with Crippen LogP contribution in [-0.4, -0.2) is 87.3 Å². The number of nitrogens with zero attached hydrogens (tertiary/aromatic N) is 2. The van der Waals surface area contributed by atoms with Crippen molar-refractivity contribution in [2.24, 2.45) is 0 Å². The average molecular weight is 483 g/mol. The summed E-state index contributed by atoms with van der Waals surface area (Å²) in [4.78, 5) is 30.3. The van der Waals surface area contributed by atoms with Crippen molar-refractivity contribution in [1.29, 1.82) is 0 Å². The third-order valence-corrected chi connectivity index (χ3v) is 6.40. The summed E-state index contributed by atoms with van der Waals surface area (Å²) in [6.07, 6.45) is 0. The van der Waals surface area contributed by atoms with Crippen LogP contribution in [0.5, 0.6) is 17.2 Å². The van der Waals surface area contributed by atoms with Crippen LogP contribution in [0.15, 0.2) is 48.0 Å². The Balaban J connectivity index is 1.80. The summed E-state index contributed by atoms with van der Waals surface area (Å²) in [7, 11) is 4.61. The molecular weight excluding hydrogens is 452 g/mol. The number of ketones is 1. The molecule has 9 heteroatoms. The Morgan fingerprint density at radius 1 is 0.943 bits per heavy atom. The molecule has 0 radical (unpaired) electrons. The van der Waals surface area contributed by atoms with Crippen LogP contribution in [0.25, 0.3) is 5.76 Å². The number of carbonyl (C=O) groups excluding carboxylic acids is 2. The van der Waals surface area contributed by atoms with Gasteiger partial charge in [0, 0.05) is 37.3 Å². The fourth-order valence-corrected chi connectivity index (χ4v) is 4.47. The molecule has 2 aromatic carbocycles. The first-order valence-electron chi connectivity index (χ1n) is 11.4. The molecule has 1 atom stereocenters. The van der Waals surface area contributed by atoms with E-state index in [9.17, 15) is 14.7 Å². The van der Waals surface area contributed by atoms with E-state index >= 15 is 0 Å². The van der Waals surface area contributed by atoms with Crippen molar-refractivity contribution in [2.75, 3.05) is 60.7 Å². The summed E-state index contributed by atoms with van der Waals surface area (Å²) >= 11 is 0. The molecular formula is C26H30N2O7. The van der Waals surface area contributed by atoms with Crippen LogP contribution in [0.3, 0.4) is 0 Å². The molecule has 0 spiro atoms. The number of carbonyl (C=O) groups is 2. The lowest BCUT2D eigenvalue weighted by Crippen LogP contribution is -2.42. The monoisotopic (exact) mass is 482 g/mol. The average Bonchev–Trinajstić information content (AvgIpc) is 3.16. The van der Waals surface area contributed by atoms with E-state index in [1.165, 1.54) is 19.1 Å². The minimum absolute atomic E-state index is 0.00805. The molecule has 2 aliphatic heterocycles. The second-order valence-corrected chi connectivity index (χ2v) is 8.28. The smallest absolute Gasteiger partial charge is 0.295 e. The maximum atomic E-state index is 13.3. The molecule has 0 saturated carbocycles. The van der Waals surface area contributed by atoms with Crippen LogP contribution in [-0.2, 0) is 14.3 Å². The number of hydrogen-bond donors (Lipinski definition) is 1.